The molecule has 0 fully saturated rings. The fraction of sp³-hybridized carbons (Fsp3) is 0.318. The molecule has 0 amide bonds. The second-order valence-corrected chi connectivity index (χ2v) is 14.4. The third kappa shape index (κ3) is 4.85. The number of aromatic nitrogens is 2. The van der Waals surface area contributed by atoms with Crippen molar-refractivity contribution in [3.05, 3.63) is 155 Å². The largest absolute Gasteiger partial charge is 0.283 e. The lowest BCUT2D eigenvalue weighted by Gasteiger charge is -2.33. The van der Waals surface area contributed by atoms with Crippen LogP contribution in [0.3, 0.4) is 0 Å². The SMILES string of the molecule is C=C/C=C\C(=[N+](\C)C(C)(C)c1ccccc1C)C(C)(c1ccccc1C)c1n(C)c2cccc3c2[n+]1-c1c(C(C)C)cccc1C3C. The Morgan fingerprint density at radius 3 is 2.06 bits per heavy atom. The number of benzene rings is 4. The van der Waals surface area contributed by atoms with Crippen molar-refractivity contribution in [2.45, 2.75) is 78.2 Å². The molecule has 0 radical (unpaired) electrons. The second kappa shape index (κ2) is 11.9. The van der Waals surface area contributed by atoms with Crippen LogP contribution >= 0.6 is 0 Å². The van der Waals surface area contributed by atoms with Gasteiger partial charge in [0.15, 0.2) is 27.7 Å². The summed E-state index contributed by atoms with van der Waals surface area (Å²) >= 11 is 0. The molecule has 0 bridgehead atoms. The van der Waals surface area contributed by atoms with Crippen LogP contribution in [0.15, 0.2) is 110 Å². The molecule has 0 saturated heterocycles. The van der Waals surface area contributed by atoms with Gasteiger partial charge in [-0.05, 0) is 49.4 Å². The summed E-state index contributed by atoms with van der Waals surface area (Å²) in [5.74, 6) is 1.90. The molecule has 3 nitrogen and oxygen atoms in total. The summed E-state index contributed by atoms with van der Waals surface area (Å²) in [4.78, 5) is 0. The van der Waals surface area contributed by atoms with E-state index >= 15 is 0 Å². The van der Waals surface area contributed by atoms with E-state index in [1.807, 2.05) is 6.08 Å². The number of fused-ring (bicyclic) bond motifs is 2. The van der Waals surface area contributed by atoms with E-state index in [0.29, 0.717) is 11.8 Å². The summed E-state index contributed by atoms with van der Waals surface area (Å²) in [7, 11) is 4.54. The molecule has 0 N–H and O–H groups in total. The number of hydrogen-bond acceptors (Lipinski definition) is 0. The lowest BCUT2D eigenvalue weighted by atomic mass is 9.73. The van der Waals surface area contributed by atoms with Crippen LogP contribution in [-0.2, 0) is 18.0 Å². The Hall–Kier alpha value is -4.50. The number of allylic oxidation sites excluding steroid dienone is 3. The molecular weight excluding hydrogens is 571 g/mol. The normalized spacial score (nSPS) is 16.4. The van der Waals surface area contributed by atoms with Crippen LogP contribution in [0.2, 0.25) is 0 Å². The van der Waals surface area contributed by atoms with E-state index in [2.05, 4.69) is 187 Å². The predicted octanol–water partition coefficient (Wildman–Crippen LogP) is 9.73. The zero-order chi connectivity index (χ0) is 33.8. The molecule has 47 heavy (non-hydrogen) atoms. The minimum atomic E-state index is -0.577. The van der Waals surface area contributed by atoms with Crippen molar-refractivity contribution in [2.24, 2.45) is 7.05 Å². The lowest BCUT2D eigenvalue weighted by molar-refractivity contribution is -0.594. The molecule has 3 heteroatoms. The summed E-state index contributed by atoms with van der Waals surface area (Å²) < 4.78 is 7.62. The van der Waals surface area contributed by atoms with Crippen LogP contribution in [0.25, 0.3) is 16.7 Å². The first-order valence-electron chi connectivity index (χ1n) is 17.1. The fourth-order valence-corrected chi connectivity index (χ4v) is 8.40. The molecule has 2 atom stereocenters. The Labute approximate surface area is 282 Å². The van der Waals surface area contributed by atoms with Crippen molar-refractivity contribution in [1.29, 1.82) is 0 Å². The summed E-state index contributed by atoms with van der Waals surface area (Å²) in [6, 6.07) is 31.5. The van der Waals surface area contributed by atoms with Crippen LogP contribution in [0.5, 0.6) is 0 Å². The minimum absolute atomic E-state index is 0.291. The maximum atomic E-state index is 4.12. The monoisotopic (exact) mass is 621 g/mol. The van der Waals surface area contributed by atoms with Crippen LogP contribution in [-0.4, -0.2) is 21.9 Å². The first kappa shape index (κ1) is 32.4. The zero-order valence-electron chi connectivity index (χ0n) is 30.0. The topological polar surface area (TPSA) is 11.8 Å². The van der Waals surface area contributed by atoms with E-state index in [-0.39, 0.29) is 5.54 Å². The molecule has 1 aromatic heterocycles. The van der Waals surface area contributed by atoms with Crippen LogP contribution in [0.1, 0.15) is 98.1 Å². The maximum Gasteiger partial charge on any atom is 0.283 e. The molecule has 1 aliphatic heterocycles. The van der Waals surface area contributed by atoms with Gasteiger partial charge in [0.25, 0.3) is 5.82 Å². The summed E-state index contributed by atoms with van der Waals surface area (Å²) in [6.45, 7) is 22.8. The Morgan fingerprint density at radius 2 is 1.45 bits per heavy atom. The highest BCUT2D eigenvalue weighted by atomic mass is 15.2. The number of imidazole rings is 1. The third-order valence-corrected chi connectivity index (χ3v) is 11.1. The van der Waals surface area contributed by atoms with E-state index in [4.69, 9.17) is 0 Å². The zero-order valence-corrected chi connectivity index (χ0v) is 30.0. The molecule has 5 aromatic rings. The summed E-state index contributed by atoms with van der Waals surface area (Å²) in [5.41, 5.74) is 13.5. The van der Waals surface area contributed by atoms with Gasteiger partial charge in [-0.2, -0.15) is 4.57 Å². The van der Waals surface area contributed by atoms with Crippen molar-refractivity contribution in [3.63, 3.8) is 0 Å². The Kier molecular flexibility index (Phi) is 8.24. The van der Waals surface area contributed by atoms with Crippen LogP contribution in [0, 0.1) is 13.8 Å². The van der Waals surface area contributed by atoms with E-state index in [1.165, 1.54) is 67.2 Å². The smallest absolute Gasteiger partial charge is 0.228 e. The first-order valence-corrected chi connectivity index (χ1v) is 17.1. The van der Waals surface area contributed by atoms with Gasteiger partial charge in [-0.1, -0.05) is 118 Å². The summed E-state index contributed by atoms with van der Waals surface area (Å²) in [5, 5.41) is 0. The highest BCUT2D eigenvalue weighted by Crippen LogP contribution is 2.44. The van der Waals surface area contributed by atoms with Gasteiger partial charge in [-0.3, -0.25) is 0 Å². The predicted molar refractivity (Wildman–Crippen MR) is 198 cm³/mol. The van der Waals surface area contributed by atoms with Crippen molar-refractivity contribution in [2.75, 3.05) is 7.05 Å². The van der Waals surface area contributed by atoms with Crippen molar-refractivity contribution < 1.29 is 9.14 Å². The molecule has 240 valence electrons. The first-order chi connectivity index (χ1) is 22.4. The molecule has 0 spiro atoms. The number of rotatable bonds is 8. The number of para-hydroxylation sites is 2. The Balaban J connectivity index is 1.85. The highest BCUT2D eigenvalue weighted by Gasteiger charge is 2.53. The standard InChI is InChI=1S/C44H51N3/c1-12-13-28-39(46(11)43(7,8)36-25-16-14-20-30(36)4)44(9,37-26-17-15-21-31(37)5)42-45(10)38-27-19-24-35-32(6)34-23-18-22-33(29(2)3)40(34)47(42)41(35)38/h12-29,32H,1H2,2-11H3/q+2/b28-13-,46-39+. The fourth-order valence-electron chi connectivity index (χ4n) is 8.40. The third-order valence-electron chi connectivity index (χ3n) is 11.1. The number of hydrogen-bond donors (Lipinski definition) is 0. The molecule has 0 saturated carbocycles. The number of nitrogens with zero attached hydrogens (tertiary/aromatic N) is 3. The average Bonchev–Trinajstić information content (AvgIpc) is 3.36. The van der Waals surface area contributed by atoms with Crippen molar-refractivity contribution >= 4 is 16.7 Å². The number of aryl methyl sites for hydroxylation is 3. The van der Waals surface area contributed by atoms with Crippen LogP contribution in [0.4, 0.5) is 0 Å². The van der Waals surface area contributed by atoms with E-state index in [0.717, 1.165) is 0 Å². The van der Waals surface area contributed by atoms with E-state index in [1.54, 1.807) is 0 Å². The molecule has 2 heterocycles. The second-order valence-electron chi connectivity index (χ2n) is 14.4. The van der Waals surface area contributed by atoms with E-state index < -0.39 is 5.41 Å². The highest BCUT2D eigenvalue weighted by molar-refractivity contribution is 6.02. The minimum Gasteiger partial charge on any atom is -0.228 e. The molecule has 6 rings (SSSR count). The van der Waals surface area contributed by atoms with E-state index in [9.17, 15) is 0 Å². The quantitative estimate of drug-likeness (QED) is 0.0929. The van der Waals surface area contributed by atoms with Gasteiger partial charge in [0.2, 0.25) is 0 Å². The Morgan fingerprint density at radius 1 is 0.851 bits per heavy atom. The molecule has 0 aliphatic carbocycles. The van der Waals surface area contributed by atoms with Crippen molar-refractivity contribution in [3.8, 4) is 5.69 Å². The average molecular weight is 622 g/mol. The van der Waals surface area contributed by atoms with Gasteiger partial charge in [0, 0.05) is 48.1 Å². The summed E-state index contributed by atoms with van der Waals surface area (Å²) in [6.07, 6.45) is 6.31. The van der Waals surface area contributed by atoms with Gasteiger partial charge in [-0.25, -0.2) is 9.14 Å². The van der Waals surface area contributed by atoms with Gasteiger partial charge in [0.05, 0.1) is 7.05 Å². The van der Waals surface area contributed by atoms with Gasteiger partial charge in [0.1, 0.15) is 12.7 Å². The molecule has 4 aromatic carbocycles. The van der Waals surface area contributed by atoms with Gasteiger partial charge < -0.3 is 0 Å². The molecular formula is C44H51N3+2. The lowest BCUT2D eigenvalue weighted by Crippen LogP contribution is -2.53. The molecule has 1 aliphatic rings. The molecule has 2 unspecified atom stereocenters. The van der Waals surface area contributed by atoms with Crippen molar-refractivity contribution in [1.82, 2.24) is 4.57 Å². The van der Waals surface area contributed by atoms with Gasteiger partial charge >= 0.3 is 0 Å². The van der Waals surface area contributed by atoms with Gasteiger partial charge in [-0.15, -0.1) is 0 Å². The van der Waals surface area contributed by atoms with Crippen LogP contribution < -0.4 is 4.57 Å². The Bertz CT molecular complexity index is 2080. The maximum absolute atomic E-state index is 4.12.